The van der Waals surface area contributed by atoms with Crippen LogP contribution in [0.5, 0.6) is 11.5 Å². The molecule has 0 saturated carbocycles. The Kier molecular flexibility index (Phi) is 16.4. The number of ether oxygens (including phenoxy) is 7. The fourth-order valence-corrected chi connectivity index (χ4v) is 6.35. The van der Waals surface area contributed by atoms with Crippen LogP contribution < -0.4 is 15.2 Å². The molecule has 2 aromatic carbocycles. The Hall–Kier alpha value is -4.87. The van der Waals surface area contributed by atoms with Crippen molar-refractivity contribution >= 4 is 33.7 Å². The zero-order valence-corrected chi connectivity index (χ0v) is 34.1. The molecule has 306 valence electrons. The quantitative estimate of drug-likeness (QED) is 0.0726. The number of primary amides is 1. The molecule has 0 spiro atoms. The van der Waals surface area contributed by atoms with Gasteiger partial charge in [0.05, 0.1) is 63.0 Å². The highest BCUT2D eigenvalue weighted by atomic mass is 79.9. The van der Waals surface area contributed by atoms with E-state index in [0.717, 1.165) is 27.2 Å². The molecule has 3 heterocycles. The van der Waals surface area contributed by atoms with Crippen LogP contribution in [0, 0.1) is 0 Å². The Morgan fingerprint density at radius 2 is 1.37 bits per heavy atom. The first-order valence-corrected chi connectivity index (χ1v) is 19.6. The van der Waals surface area contributed by atoms with Gasteiger partial charge in [0.25, 0.3) is 5.91 Å². The number of rotatable bonds is 24. The number of hydrogen-bond donors (Lipinski definition) is 1. The molecule has 5 rings (SSSR count). The number of hydrogen-bond acceptors (Lipinski definition) is 12. The second kappa shape index (κ2) is 21.6. The lowest BCUT2D eigenvalue weighted by atomic mass is 10.1. The maximum Gasteiger partial charge on any atom is 0.306 e. The van der Waals surface area contributed by atoms with Gasteiger partial charge in [-0.1, -0.05) is 0 Å². The summed E-state index contributed by atoms with van der Waals surface area (Å²) in [4.78, 5) is 42.9. The summed E-state index contributed by atoms with van der Waals surface area (Å²) in [7, 11) is 0. The summed E-state index contributed by atoms with van der Waals surface area (Å²) in [6.45, 7) is 9.55. The van der Waals surface area contributed by atoms with E-state index in [9.17, 15) is 14.4 Å². The van der Waals surface area contributed by atoms with Gasteiger partial charge in [0.2, 0.25) is 5.91 Å². The van der Waals surface area contributed by atoms with E-state index in [1.165, 1.54) is 4.90 Å². The average molecular weight is 853 g/mol. The molecule has 0 radical (unpaired) electrons. The Balaban J connectivity index is 0.850. The molecule has 0 fully saturated rings. The monoisotopic (exact) mass is 851 g/mol. The fourth-order valence-electron chi connectivity index (χ4n) is 5.84. The second-order valence-electron chi connectivity index (χ2n) is 13.9. The van der Waals surface area contributed by atoms with Gasteiger partial charge in [0.15, 0.2) is 0 Å². The topological polar surface area (TPSA) is 176 Å². The summed E-state index contributed by atoms with van der Waals surface area (Å²) < 4.78 is 42.0. The fraction of sp³-hybridized carbons (Fsp3) is 0.439. The van der Waals surface area contributed by atoms with Gasteiger partial charge in [-0.2, -0.15) is 5.10 Å². The van der Waals surface area contributed by atoms with Crippen molar-refractivity contribution < 1.29 is 47.5 Å². The van der Waals surface area contributed by atoms with Crippen molar-refractivity contribution in [2.75, 3.05) is 66.1 Å². The van der Waals surface area contributed by atoms with Crippen LogP contribution in [0.15, 0.2) is 77.7 Å². The normalized spacial score (nSPS) is 13.1. The number of esters is 1. The molecule has 2 N–H and O–H groups in total. The highest BCUT2D eigenvalue weighted by Gasteiger charge is 2.36. The summed E-state index contributed by atoms with van der Waals surface area (Å²) in [6.07, 6.45) is 5.45. The first kappa shape index (κ1) is 43.3. The number of halogens is 1. The molecule has 0 bridgehead atoms. The van der Waals surface area contributed by atoms with Gasteiger partial charge in [0.1, 0.15) is 42.0 Å². The first-order valence-electron chi connectivity index (χ1n) is 18.8. The van der Waals surface area contributed by atoms with E-state index in [2.05, 4.69) is 26.0 Å². The number of carbonyl (C=O) groups excluding carboxylic acids is 3. The summed E-state index contributed by atoms with van der Waals surface area (Å²) in [6, 6.07) is 15.7. The zero-order valence-electron chi connectivity index (χ0n) is 32.5. The van der Waals surface area contributed by atoms with E-state index < -0.39 is 23.5 Å². The second-order valence-corrected chi connectivity index (χ2v) is 14.8. The van der Waals surface area contributed by atoms with Crippen LogP contribution >= 0.6 is 15.9 Å². The lowest BCUT2D eigenvalue weighted by molar-refractivity contribution is -0.155. The van der Waals surface area contributed by atoms with Crippen LogP contribution in [-0.4, -0.2) is 115 Å². The minimum Gasteiger partial charge on any atom is -0.491 e. The third kappa shape index (κ3) is 13.6. The van der Waals surface area contributed by atoms with Gasteiger partial charge >= 0.3 is 5.97 Å². The summed E-state index contributed by atoms with van der Waals surface area (Å²) in [5, 5.41) is 4.69. The van der Waals surface area contributed by atoms with Crippen LogP contribution in [0.4, 0.5) is 0 Å². The van der Waals surface area contributed by atoms with E-state index in [-0.39, 0.29) is 25.3 Å². The van der Waals surface area contributed by atoms with Crippen molar-refractivity contribution in [1.82, 2.24) is 19.7 Å². The lowest BCUT2D eigenvalue weighted by Crippen LogP contribution is -2.45. The minimum atomic E-state index is -0.933. The van der Waals surface area contributed by atoms with Crippen molar-refractivity contribution in [3.8, 4) is 28.4 Å². The third-order valence-electron chi connectivity index (χ3n) is 8.49. The van der Waals surface area contributed by atoms with Crippen molar-refractivity contribution in [3.05, 3.63) is 88.8 Å². The highest BCUT2D eigenvalue weighted by Crippen LogP contribution is 2.30. The molecule has 0 aliphatic carbocycles. The van der Waals surface area contributed by atoms with Gasteiger partial charge in [-0.3, -0.25) is 19.4 Å². The number of aromatic nitrogens is 3. The maximum atomic E-state index is 13.1. The molecule has 0 unspecified atom stereocenters. The Morgan fingerprint density at radius 1 is 0.807 bits per heavy atom. The first-order chi connectivity index (χ1) is 27.5. The van der Waals surface area contributed by atoms with Crippen LogP contribution in [0.2, 0.25) is 0 Å². The van der Waals surface area contributed by atoms with E-state index in [0.29, 0.717) is 82.9 Å². The smallest absolute Gasteiger partial charge is 0.306 e. The van der Waals surface area contributed by atoms with Crippen LogP contribution in [-0.2, 0) is 39.8 Å². The van der Waals surface area contributed by atoms with Crippen LogP contribution in [0.3, 0.4) is 0 Å². The van der Waals surface area contributed by atoms with Crippen molar-refractivity contribution in [3.63, 3.8) is 0 Å². The minimum absolute atomic E-state index is 0.0346. The number of amides is 2. The van der Waals surface area contributed by atoms with E-state index in [1.54, 1.807) is 51.4 Å². The predicted molar refractivity (Wildman–Crippen MR) is 213 cm³/mol. The van der Waals surface area contributed by atoms with Crippen LogP contribution in [0.1, 0.15) is 49.5 Å². The molecule has 1 aliphatic rings. The number of pyridine rings is 1. The maximum absolute atomic E-state index is 13.1. The lowest BCUT2D eigenvalue weighted by Gasteiger charge is -2.25. The van der Waals surface area contributed by atoms with Gasteiger partial charge in [-0.15, -0.1) is 0 Å². The molecular weight excluding hydrogens is 802 g/mol. The average Bonchev–Trinajstić information content (AvgIpc) is 3.73. The molecule has 4 aromatic rings. The van der Waals surface area contributed by atoms with E-state index >= 15 is 0 Å². The van der Waals surface area contributed by atoms with Gasteiger partial charge in [-0.25, -0.2) is 4.68 Å². The number of nitrogens with two attached hydrogens (primary N) is 1. The van der Waals surface area contributed by atoms with E-state index in [1.807, 2.05) is 47.3 Å². The molecule has 2 amide bonds. The number of benzene rings is 2. The Morgan fingerprint density at radius 3 is 1.95 bits per heavy atom. The molecule has 1 aliphatic heterocycles. The molecular formula is C41H50BrN5O10. The Labute approximate surface area is 340 Å². The van der Waals surface area contributed by atoms with Crippen LogP contribution in [0.25, 0.3) is 16.9 Å². The molecule has 1 atom stereocenters. The third-order valence-corrected chi connectivity index (χ3v) is 9.07. The van der Waals surface area contributed by atoms with Gasteiger partial charge in [-0.05, 0) is 103 Å². The summed E-state index contributed by atoms with van der Waals surface area (Å²) in [5.41, 5.74) is 8.90. The highest BCUT2D eigenvalue weighted by molar-refractivity contribution is 9.10. The van der Waals surface area contributed by atoms with Crippen molar-refractivity contribution in [1.29, 1.82) is 0 Å². The molecule has 2 aromatic heterocycles. The summed E-state index contributed by atoms with van der Waals surface area (Å²) >= 11 is 3.59. The SMILES string of the molecule is CC(C)(C)OC(=O)CC[C@@H](C(N)=O)N1Cc2cc(OCCOCCOCCOCCOCCOc3ccc(-n4cc(Br)c(-c5ccncc5)n4)cc3)ccc2C1=O. The van der Waals surface area contributed by atoms with Crippen molar-refractivity contribution in [2.24, 2.45) is 5.73 Å². The van der Waals surface area contributed by atoms with Gasteiger partial charge < -0.3 is 43.8 Å². The van der Waals surface area contributed by atoms with Gasteiger partial charge in [0, 0.05) is 42.7 Å². The summed E-state index contributed by atoms with van der Waals surface area (Å²) in [5.74, 6) is -0.130. The molecule has 15 nitrogen and oxygen atoms in total. The molecule has 57 heavy (non-hydrogen) atoms. The zero-order chi connectivity index (χ0) is 40.6. The predicted octanol–water partition coefficient (Wildman–Crippen LogP) is 5.15. The molecule has 16 heteroatoms. The van der Waals surface area contributed by atoms with Crippen molar-refractivity contribution in [2.45, 2.75) is 51.8 Å². The van der Waals surface area contributed by atoms with E-state index in [4.69, 9.17) is 38.9 Å². The number of carbonyl (C=O) groups is 3. The largest absolute Gasteiger partial charge is 0.491 e. The molecule has 0 saturated heterocycles. The Bertz CT molecular complexity index is 1900. The standard InChI is InChI=1S/C41H50BrN5O10/c1-41(2,3)57-37(48)11-10-36(39(43)49)46-27-30-26-33(8-9-34(30)40(46)50)56-25-23-54-21-19-52-17-16-51-18-20-53-22-24-55-32-6-4-31(5-7-32)47-28-35(42)38(45-47)29-12-14-44-15-13-29/h4-9,12-15,26,28,36H,10-11,16-25,27H2,1-3H3,(H2,43,49)/t36-/m0/s1. The number of fused-ring (bicyclic) bond motifs is 1. The number of nitrogens with zero attached hydrogens (tertiary/aromatic N) is 4.